The summed E-state index contributed by atoms with van der Waals surface area (Å²) in [5.74, 6) is 0.0445. The molecule has 168 valence electrons. The summed E-state index contributed by atoms with van der Waals surface area (Å²) in [5, 5.41) is 2.86. The van der Waals surface area contributed by atoms with Crippen LogP contribution in [-0.2, 0) is 14.8 Å². The molecule has 1 aliphatic rings. The summed E-state index contributed by atoms with van der Waals surface area (Å²) < 4.78 is 33.4. The lowest BCUT2D eigenvalue weighted by atomic mass is 10.2. The first-order valence-corrected chi connectivity index (χ1v) is 12.1. The highest BCUT2D eigenvalue weighted by Gasteiger charge is 2.29. The number of likely N-dealkylation sites (tertiary alicyclic amines) is 1. The van der Waals surface area contributed by atoms with Gasteiger partial charge in [0.2, 0.25) is 5.91 Å². The number of ether oxygens (including phenoxy) is 1. The Kier molecular flexibility index (Phi) is 7.92. The van der Waals surface area contributed by atoms with Crippen LogP contribution >= 0.6 is 0 Å². The van der Waals surface area contributed by atoms with E-state index < -0.39 is 10.0 Å². The molecule has 0 aromatic heterocycles. The Morgan fingerprint density at radius 3 is 2.45 bits per heavy atom. The number of rotatable bonds is 10. The number of benzene rings is 2. The van der Waals surface area contributed by atoms with E-state index in [4.69, 9.17) is 4.74 Å². The van der Waals surface area contributed by atoms with Crippen molar-refractivity contribution >= 4 is 21.6 Å². The third-order valence-corrected chi connectivity index (χ3v) is 7.20. The third-order valence-electron chi connectivity index (χ3n) is 5.42. The van der Waals surface area contributed by atoms with Crippen LogP contribution in [0.1, 0.15) is 24.8 Å². The van der Waals surface area contributed by atoms with Crippen molar-refractivity contribution in [1.82, 2.24) is 10.2 Å². The van der Waals surface area contributed by atoms with Gasteiger partial charge in [0.1, 0.15) is 12.3 Å². The lowest BCUT2D eigenvalue weighted by molar-refractivity contribution is -0.119. The second-order valence-electron chi connectivity index (χ2n) is 7.75. The number of nitrogens with one attached hydrogen (secondary N) is 1. The van der Waals surface area contributed by atoms with E-state index in [1.54, 1.807) is 48.5 Å². The van der Waals surface area contributed by atoms with E-state index in [2.05, 4.69) is 10.2 Å². The van der Waals surface area contributed by atoms with Crippen molar-refractivity contribution in [2.45, 2.75) is 31.1 Å². The van der Waals surface area contributed by atoms with Crippen LogP contribution in [0, 0.1) is 6.92 Å². The van der Waals surface area contributed by atoms with Crippen LogP contribution < -0.4 is 14.4 Å². The molecule has 1 heterocycles. The van der Waals surface area contributed by atoms with Crippen LogP contribution in [0.2, 0.25) is 0 Å². The van der Waals surface area contributed by atoms with Crippen molar-refractivity contribution in [3.05, 3.63) is 54.1 Å². The van der Waals surface area contributed by atoms with Gasteiger partial charge < -0.3 is 15.0 Å². The zero-order valence-electron chi connectivity index (χ0n) is 18.2. The molecule has 2 aromatic rings. The molecule has 0 radical (unpaired) electrons. The molecular weight excluding hydrogens is 414 g/mol. The van der Waals surface area contributed by atoms with Crippen molar-refractivity contribution < 1.29 is 17.9 Å². The standard InChI is InChI=1S/C23H31N3O4S/c1-19-10-12-20(13-11-19)31(28,29)26(21-8-3-4-9-22(21)30-2)18-23(27)24-14-7-17-25-15-5-6-16-25/h3-4,8-13H,5-7,14-18H2,1-2H3,(H,24,27). The number of carbonyl (C=O) groups is 1. The first-order chi connectivity index (χ1) is 14.9. The highest BCUT2D eigenvalue weighted by atomic mass is 32.2. The lowest BCUT2D eigenvalue weighted by Gasteiger charge is -2.25. The van der Waals surface area contributed by atoms with Crippen LogP contribution in [0.5, 0.6) is 5.75 Å². The normalized spacial score (nSPS) is 14.4. The third kappa shape index (κ3) is 5.98. The molecule has 0 aliphatic carbocycles. The number of amides is 1. The number of aryl methyl sites for hydroxylation is 1. The number of carbonyl (C=O) groups excluding carboxylic acids is 1. The van der Waals surface area contributed by atoms with E-state index in [0.29, 0.717) is 18.0 Å². The van der Waals surface area contributed by atoms with E-state index in [9.17, 15) is 13.2 Å². The average molecular weight is 446 g/mol. The molecule has 0 unspecified atom stereocenters. The molecule has 1 fully saturated rings. The van der Waals surface area contributed by atoms with Gasteiger partial charge in [-0.2, -0.15) is 0 Å². The summed E-state index contributed by atoms with van der Waals surface area (Å²) in [6, 6.07) is 13.4. The van der Waals surface area contributed by atoms with E-state index in [1.165, 1.54) is 20.0 Å². The molecule has 8 heteroatoms. The predicted molar refractivity (Wildman–Crippen MR) is 122 cm³/mol. The predicted octanol–water partition coefficient (Wildman–Crippen LogP) is 2.80. The SMILES string of the molecule is COc1ccccc1N(CC(=O)NCCCN1CCCC1)S(=O)(=O)c1ccc(C)cc1. The molecule has 0 bridgehead atoms. The number of nitrogens with zero attached hydrogens (tertiary/aromatic N) is 2. The topological polar surface area (TPSA) is 79.0 Å². The molecule has 2 aromatic carbocycles. The molecule has 0 atom stereocenters. The number of hydrogen-bond donors (Lipinski definition) is 1. The molecule has 1 aliphatic heterocycles. The summed E-state index contributed by atoms with van der Waals surface area (Å²) >= 11 is 0. The smallest absolute Gasteiger partial charge is 0.264 e. The molecule has 1 saturated heterocycles. The van der Waals surface area contributed by atoms with Gasteiger partial charge in [-0.05, 0) is 70.1 Å². The second kappa shape index (κ2) is 10.6. The maximum absolute atomic E-state index is 13.4. The van der Waals surface area contributed by atoms with E-state index in [1.807, 2.05) is 6.92 Å². The zero-order valence-corrected chi connectivity index (χ0v) is 19.0. The summed E-state index contributed by atoms with van der Waals surface area (Å²) in [7, 11) is -2.48. The van der Waals surface area contributed by atoms with Gasteiger partial charge in [-0.25, -0.2) is 8.42 Å². The van der Waals surface area contributed by atoms with Crippen LogP contribution in [0.15, 0.2) is 53.4 Å². The van der Waals surface area contributed by atoms with Crippen molar-refractivity contribution in [1.29, 1.82) is 0 Å². The quantitative estimate of drug-likeness (QED) is 0.569. The Labute approximate surface area is 185 Å². The number of methoxy groups -OCH3 is 1. The largest absolute Gasteiger partial charge is 0.495 e. The van der Waals surface area contributed by atoms with Crippen molar-refractivity contribution in [2.24, 2.45) is 0 Å². The van der Waals surface area contributed by atoms with Crippen molar-refractivity contribution in [3.8, 4) is 5.75 Å². The van der Waals surface area contributed by atoms with Gasteiger partial charge in [-0.1, -0.05) is 29.8 Å². The first kappa shape index (κ1) is 23.1. The van der Waals surface area contributed by atoms with Gasteiger partial charge in [0.05, 0.1) is 17.7 Å². The van der Waals surface area contributed by atoms with Crippen LogP contribution in [0.4, 0.5) is 5.69 Å². The molecule has 1 amide bonds. The van der Waals surface area contributed by atoms with Gasteiger partial charge in [0.15, 0.2) is 0 Å². The van der Waals surface area contributed by atoms with Crippen molar-refractivity contribution in [2.75, 3.05) is 44.1 Å². The molecule has 1 N–H and O–H groups in total. The molecular formula is C23H31N3O4S. The molecule has 7 nitrogen and oxygen atoms in total. The van der Waals surface area contributed by atoms with Crippen LogP contribution in [0.25, 0.3) is 0 Å². The minimum absolute atomic E-state index is 0.130. The Balaban J connectivity index is 1.75. The molecule has 0 spiro atoms. The highest BCUT2D eigenvalue weighted by Crippen LogP contribution is 2.32. The highest BCUT2D eigenvalue weighted by molar-refractivity contribution is 7.92. The maximum atomic E-state index is 13.4. The summed E-state index contributed by atoms with van der Waals surface area (Å²) in [5.41, 5.74) is 1.29. The Hall–Kier alpha value is -2.58. The second-order valence-corrected chi connectivity index (χ2v) is 9.61. The minimum Gasteiger partial charge on any atom is -0.495 e. The van der Waals surface area contributed by atoms with E-state index in [0.717, 1.165) is 35.9 Å². The fourth-order valence-corrected chi connectivity index (χ4v) is 5.13. The average Bonchev–Trinajstić information content (AvgIpc) is 3.29. The Morgan fingerprint density at radius 2 is 1.77 bits per heavy atom. The minimum atomic E-state index is -3.96. The van der Waals surface area contributed by atoms with Crippen molar-refractivity contribution in [3.63, 3.8) is 0 Å². The Bertz CT molecular complexity index is 971. The zero-order chi connectivity index (χ0) is 22.3. The number of sulfonamides is 1. The fourth-order valence-electron chi connectivity index (χ4n) is 3.70. The van der Waals surface area contributed by atoms with Gasteiger partial charge in [0, 0.05) is 6.54 Å². The number of anilines is 1. The van der Waals surface area contributed by atoms with Gasteiger partial charge in [-0.15, -0.1) is 0 Å². The molecule has 31 heavy (non-hydrogen) atoms. The van der Waals surface area contributed by atoms with Gasteiger partial charge >= 0.3 is 0 Å². The molecule has 0 saturated carbocycles. The summed E-state index contributed by atoms with van der Waals surface area (Å²) in [4.78, 5) is 15.2. The van der Waals surface area contributed by atoms with Gasteiger partial charge in [0.25, 0.3) is 10.0 Å². The number of hydrogen-bond acceptors (Lipinski definition) is 5. The lowest BCUT2D eigenvalue weighted by Crippen LogP contribution is -2.41. The Morgan fingerprint density at radius 1 is 1.10 bits per heavy atom. The van der Waals surface area contributed by atoms with Gasteiger partial charge in [-0.3, -0.25) is 9.10 Å². The maximum Gasteiger partial charge on any atom is 0.264 e. The van der Waals surface area contributed by atoms with Crippen LogP contribution in [-0.4, -0.2) is 59.1 Å². The number of para-hydroxylation sites is 2. The van der Waals surface area contributed by atoms with E-state index in [-0.39, 0.29) is 17.3 Å². The summed E-state index contributed by atoms with van der Waals surface area (Å²) in [6.07, 6.45) is 3.30. The fraction of sp³-hybridized carbons (Fsp3) is 0.435. The molecule has 3 rings (SSSR count). The van der Waals surface area contributed by atoms with E-state index >= 15 is 0 Å². The monoisotopic (exact) mass is 445 g/mol. The van der Waals surface area contributed by atoms with Crippen LogP contribution in [0.3, 0.4) is 0 Å². The summed E-state index contributed by atoms with van der Waals surface area (Å²) in [6.45, 7) is 5.26. The first-order valence-electron chi connectivity index (χ1n) is 10.6.